The lowest BCUT2D eigenvalue weighted by atomic mass is 10.2. The molecule has 0 N–H and O–H groups in total. The average Bonchev–Trinajstić information content (AvgIpc) is 3.16. The summed E-state index contributed by atoms with van der Waals surface area (Å²) in [4.78, 5) is 11.8. The molecule has 1 aromatic carbocycles. The van der Waals surface area contributed by atoms with Gasteiger partial charge in [-0.05, 0) is 30.3 Å². The van der Waals surface area contributed by atoms with Gasteiger partial charge < -0.3 is 13.7 Å². The molecule has 0 saturated heterocycles. The highest BCUT2D eigenvalue weighted by Crippen LogP contribution is 2.21. The number of halogens is 2. The number of hydrogen-bond acceptors (Lipinski definition) is 5. The molecule has 5 nitrogen and oxygen atoms in total. The van der Waals surface area contributed by atoms with E-state index in [4.69, 9.17) is 25.3 Å². The summed E-state index contributed by atoms with van der Waals surface area (Å²) in [5, 5.41) is 3.95. The van der Waals surface area contributed by atoms with Crippen LogP contribution in [0.1, 0.15) is 16.1 Å². The number of carbonyl (C=O) groups is 1. The number of rotatable bonds is 4. The van der Waals surface area contributed by atoms with E-state index < -0.39 is 11.8 Å². The molecule has 0 aliphatic rings. The lowest BCUT2D eigenvalue weighted by Gasteiger charge is -2.03. The smallest absolute Gasteiger partial charge is 0.341 e. The number of aromatic nitrogens is 1. The van der Waals surface area contributed by atoms with E-state index in [0.717, 1.165) is 6.07 Å². The van der Waals surface area contributed by atoms with Crippen molar-refractivity contribution in [3.8, 4) is 11.5 Å². The van der Waals surface area contributed by atoms with Gasteiger partial charge >= 0.3 is 5.97 Å². The maximum atomic E-state index is 13.6. The topological polar surface area (TPSA) is 65.5 Å². The largest absolute Gasteiger partial charge is 0.461 e. The van der Waals surface area contributed by atoms with Crippen LogP contribution in [0, 0.1) is 5.82 Å². The van der Waals surface area contributed by atoms with Gasteiger partial charge in [0.1, 0.15) is 18.1 Å². The van der Waals surface area contributed by atoms with Crippen molar-refractivity contribution in [1.29, 1.82) is 0 Å². The molecular weight excluding hydrogens is 313 g/mol. The number of ether oxygens (including phenoxy) is 1. The fourth-order valence-corrected chi connectivity index (χ4v) is 1.95. The van der Waals surface area contributed by atoms with Gasteiger partial charge in [-0.1, -0.05) is 16.8 Å². The van der Waals surface area contributed by atoms with Crippen LogP contribution in [0.15, 0.2) is 51.6 Å². The zero-order valence-corrected chi connectivity index (χ0v) is 11.8. The van der Waals surface area contributed by atoms with E-state index in [1.54, 1.807) is 18.2 Å². The molecule has 0 unspecified atom stereocenters. The van der Waals surface area contributed by atoms with Crippen molar-refractivity contribution in [2.75, 3.05) is 0 Å². The average molecular weight is 322 g/mol. The van der Waals surface area contributed by atoms with Crippen molar-refractivity contribution in [3.63, 3.8) is 0 Å². The van der Waals surface area contributed by atoms with Crippen molar-refractivity contribution in [2.24, 2.45) is 0 Å². The second-order valence-corrected chi connectivity index (χ2v) is 4.80. The normalized spacial score (nSPS) is 10.6. The lowest BCUT2D eigenvalue weighted by Crippen LogP contribution is -2.07. The van der Waals surface area contributed by atoms with Crippen molar-refractivity contribution in [1.82, 2.24) is 5.16 Å². The summed E-state index contributed by atoms with van der Waals surface area (Å²) in [6.07, 6.45) is 1.50. The number of furan rings is 1. The summed E-state index contributed by atoms with van der Waals surface area (Å²) in [6, 6.07) is 8.71. The molecule has 2 heterocycles. The van der Waals surface area contributed by atoms with E-state index in [9.17, 15) is 9.18 Å². The fourth-order valence-electron chi connectivity index (χ4n) is 1.79. The first-order chi connectivity index (χ1) is 10.6. The molecule has 0 aliphatic carbocycles. The monoisotopic (exact) mass is 321 g/mol. The van der Waals surface area contributed by atoms with Gasteiger partial charge in [-0.2, -0.15) is 0 Å². The minimum Gasteiger partial charge on any atom is -0.461 e. The predicted octanol–water partition coefficient (Wildman–Crippen LogP) is 4.08. The minimum absolute atomic E-state index is 0.148. The molecule has 0 fully saturated rings. The summed E-state index contributed by atoms with van der Waals surface area (Å²) in [7, 11) is 0. The summed E-state index contributed by atoms with van der Waals surface area (Å²) in [5.41, 5.74) is 0.188. The Morgan fingerprint density at radius 2 is 2.14 bits per heavy atom. The van der Waals surface area contributed by atoms with Gasteiger partial charge in [0.25, 0.3) is 0 Å². The van der Waals surface area contributed by atoms with Gasteiger partial charge in [0, 0.05) is 11.1 Å². The van der Waals surface area contributed by atoms with Gasteiger partial charge in [0.15, 0.2) is 5.76 Å². The lowest BCUT2D eigenvalue weighted by molar-refractivity contribution is 0.0459. The van der Waals surface area contributed by atoms with Crippen LogP contribution < -0.4 is 0 Å². The summed E-state index contributed by atoms with van der Waals surface area (Å²) < 4.78 is 28.8. The highest BCUT2D eigenvalue weighted by atomic mass is 35.5. The predicted molar refractivity (Wildman–Crippen MR) is 74.7 cm³/mol. The molecule has 7 heteroatoms. The standard InChI is InChI=1S/C15H9ClFNO4/c16-9-3-4-11(12(17)6-9)15(19)21-8-10-7-14(22-18-10)13-2-1-5-20-13/h1-7H,8H2. The molecule has 0 amide bonds. The van der Waals surface area contributed by atoms with Crippen LogP contribution in [-0.2, 0) is 11.3 Å². The first-order valence-electron chi connectivity index (χ1n) is 6.25. The van der Waals surface area contributed by atoms with Gasteiger partial charge in [-0.3, -0.25) is 0 Å². The van der Waals surface area contributed by atoms with Crippen molar-refractivity contribution in [3.05, 3.63) is 64.8 Å². The number of carbonyl (C=O) groups excluding carboxylic acids is 1. The zero-order valence-electron chi connectivity index (χ0n) is 11.1. The minimum atomic E-state index is -0.809. The molecule has 0 radical (unpaired) electrons. The molecule has 0 atom stereocenters. The molecule has 0 spiro atoms. The highest BCUT2D eigenvalue weighted by molar-refractivity contribution is 6.30. The van der Waals surface area contributed by atoms with Crippen LogP contribution in [0.25, 0.3) is 11.5 Å². The number of benzene rings is 1. The van der Waals surface area contributed by atoms with Crippen LogP contribution in [-0.4, -0.2) is 11.1 Å². The third-order valence-corrected chi connectivity index (χ3v) is 3.06. The van der Waals surface area contributed by atoms with E-state index in [-0.39, 0.29) is 17.2 Å². The quantitative estimate of drug-likeness (QED) is 0.677. The molecule has 0 saturated carbocycles. The molecule has 0 aliphatic heterocycles. The van der Waals surface area contributed by atoms with Crippen molar-refractivity contribution < 1.29 is 22.9 Å². The SMILES string of the molecule is O=C(OCc1cc(-c2ccco2)on1)c1ccc(Cl)cc1F. The van der Waals surface area contributed by atoms with Gasteiger partial charge in [-0.15, -0.1) is 0 Å². The Kier molecular flexibility index (Phi) is 3.93. The second-order valence-electron chi connectivity index (χ2n) is 4.36. The van der Waals surface area contributed by atoms with Crippen LogP contribution >= 0.6 is 11.6 Å². The van der Waals surface area contributed by atoms with Crippen LogP contribution in [0.4, 0.5) is 4.39 Å². The van der Waals surface area contributed by atoms with Crippen LogP contribution in [0.2, 0.25) is 5.02 Å². The van der Waals surface area contributed by atoms with E-state index in [0.29, 0.717) is 17.2 Å². The first kappa shape index (κ1) is 14.3. The first-order valence-corrected chi connectivity index (χ1v) is 6.63. The Morgan fingerprint density at radius 1 is 1.27 bits per heavy atom. The number of esters is 1. The fraction of sp³-hybridized carbons (Fsp3) is 0.0667. The Labute approximate surface area is 129 Å². The van der Waals surface area contributed by atoms with Crippen LogP contribution in [0.5, 0.6) is 0 Å². The van der Waals surface area contributed by atoms with Gasteiger partial charge in [0.2, 0.25) is 5.76 Å². The van der Waals surface area contributed by atoms with E-state index >= 15 is 0 Å². The second kappa shape index (κ2) is 6.03. The van der Waals surface area contributed by atoms with Crippen LogP contribution in [0.3, 0.4) is 0 Å². The molecule has 112 valence electrons. The molecule has 0 bridgehead atoms. The Hall–Kier alpha value is -2.60. The molecule has 22 heavy (non-hydrogen) atoms. The summed E-state index contributed by atoms with van der Waals surface area (Å²) >= 11 is 5.62. The zero-order chi connectivity index (χ0) is 15.5. The summed E-state index contributed by atoms with van der Waals surface area (Å²) in [6.45, 7) is -0.148. The Bertz CT molecular complexity index is 798. The third-order valence-electron chi connectivity index (χ3n) is 2.83. The van der Waals surface area contributed by atoms with Gasteiger partial charge in [0.05, 0.1) is 11.8 Å². The third kappa shape index (κ3) is 3.01. The maximum Gasteiger partial charge on any atom is 0.341 e. The van der Waals surface area contributed by atoms with E-state index in [1.165, 1.54) is 18.4 Å². The Balaban J connectivity index is 1.66. The number of nitrogens with zero attached hydrogens (tertiary/aromatic N) is 1. The van der Waals surface area contributed by atoms with E-state index in [1.807, 2.05) is 0 Å². The Morgan fingerprint density at radius 3 is 2.86 bits per heavy atom. The maximum absolute atomic E-state index is 13.6. The van der Waals surface area contributed by atoms with E-state index in [2.05, 4.69) is 5.16 Å². The van der Waals surface area contributed by atoms with Crippen molar-refractivity contribution in [2.45, 2.75) is 6.61 Å². The molecule has 3 rings (SSSR count). The van der Waals surface area contributed by atoms with Crippen molar-refractivity contribution >= 4 is 17.6 Å². The number of hydrogen-bond donors (Lipinski definition) is 0. The van der Waals surface area contributed by atoms with Gasteiger partial charge in [-0.25, -0.2) is 9.18 Å². The molecule has 2 aromatic heterocycles. The molecular formula is C15H9ClFNO4. The highest BCUT2D eigenvalue weighted by Gasteiger charge is 2.15. The summed E-state index contributed by atoms with van der Waals surface area (Å²) in [5.74, 6) is -0.631. The molecule has 3 aromatic rings.